The highest BCUT2D eigenvalue weighted by Crippen LogP contribution is 2.23. The van der Waals surface area contributed by atoms with Gasteiger partial charge >= 0.3 is 0 Å². The summed E-state index contributed by atoms with van der Waals surface area (Å²) < 4.78 is 5.40. The highest BCUT2D eigenvalue weighted by atomic mass is 79.9. The highest BCUT2D eigenvalue weighted by Gasteiger charge is 2.09. The van der Waals surface area contributed by atoms with E-state index in [1.54, 1.807) is 0 Å². The highest BCUT2D eigenvalue weighted by molar-refractivity contribution is 9.10. The molecule has 1 amide bonds. The minimum atomic E-state index is -0.270. The fourth-order valence-electron chi connectivity index (χ4n) is 0.697. The molecule has 0 aliphatic carbocycles. The van der Waals surface area contributed by atoms with Gasteiger partial charge in [0, 0.05) is 13.0 Å². The SMILES string of the molecule is CC(=O)Nc1oc(Br)cc1C#N. The number of nitrogens with zero attached hydrogens (tertiary/aromatic N) is 1. The first-order valence-corrected chi connectivity index (χ1v) is 3.90. The van der Waals surface area contributed by atoms with E-state index in [-0.39, 0.29) is 11.8 Å². The molecule has 1 aromatic rings. The molecular weight excluding hydrogens is 224 g/mol. The van der Waals surface area contributed by atoms with Gasteiger partial charge in [-0.1, -0.05) is 0 Å². The van der Waals surface area contributed by atoms with Gasteiger partial charge in [-0.05, 0) is 15.9 Å². The van der Waals surface area contributed by atoms with Crippen LogP contribution in [0.4, 0.5) is 5.88 Å². The maximum Gasteiger partial charge on any atom is 0.223 e. The van der Waals surface area contributed by atoms with E-state index < -0.39 is 0 Å². The fraction of sp³-hybridized carbons (Fsp3) is 0.143. The van der Waals surface area contributed by atoms with Crippen LogP contribution in [0.2, 0.25) is 0 Å². The molecule has 0 spiro atoms. The third-order valence-electron chi connectivity index (χ3n) is 1.11. The number of hydrogen-bond donors (Lipinski definition) is 1. The van der Waals surface area contributed by atoms with Gasteiger partial charge in [-0.3, -0.25) is 10.1 Å². The minimum absolute atomic E-state index is 0.178. The molecule has 0 atom stereocenters. The maximum atomic E-state index is 10.6. The molecule has 62 valence electrons. The lowest BCUT2D eigenvalue weighted by molar-refractivity contribution is -0.114. The Labute approximate surface area is 77.3 Å². The van der Waals surface area contributed by atoms with Gasteiger partial charge in [0.1, 0.15) is 11.6 Å². The van der Waals surface area contributed by atoms with Gasteiger partial charge in [-0.2, -0.15) is 5.26 Å². The number of halogens is 1. The van der Waals surface area contributed by atoms with E-state index >= 15 is 0 Å². The number of rotatable bonds is 1. The third kappa shape index (κ3) is 1.86. The summed E-state index contributed by atoms with van der Waals surface area (Å²) in [5.74, 6) is -0.0924. The van der Waals surface area contributed by atoms with Crippen molar-refractivity contribution in [2.24, 2.45) is 0 Å². The Hall–Kier alpha value is -1.28. The van der Waals surface area contributed by atoms with E-state index in [0.717, 1.165) is 0 Å². The van der Waals surface area contributed by atoms with E-state index in [4.69, 9.17) is 9.68 Å². The molecule has 0 saturated heterocycles. The van der Waals surface area contributed by atoms with Gasteiger partial charge in [0.15, 0.2) is 4.67 Å². The molecule has 0 saturated carbocycles. The van der Waals surface area contributed by atoms with Crippen LogP contribution < -0.4 is 5.32 Å². The zero-order valence-corrected chi connectivity index (χ0v) is 7.81. The van der Waals surface area contributed by atoms with Crippen LogP contribution in [-0.2, 0) is 4.79 Å². The summed E-state index contributed by atoms with van der Waals surface area (Å²) in [6, 6.07) is 3.37. The number of carbonyl (C=O) groups is 1. The van der Waals surface area contributed by atoms with Crippen molar-refractivity contribution < 1.29 is 9.21 Å². The summed E-state index contributed by atoms with van der Waals surface area (Å²) in [6.07, 6.45) is 0. The first-order valence-electron chi connectivity index (χ1n) is 3.10. The van der Waals surface area contributed by atoms with Crippen LogP contribution in [0.3, 0.4) is 0 Å². The topological polar surface area (TPSA) is 66.0 Å². The summed E-state index contributed by atoms with van der Waals surface area (Å²) in [6.45, 7) is 1.34. The number of carbonyl (C=O) groups excluding carboxylic acids is 1. The van der Waals surface area contributed by atoms with Crippen LogP contribution in [0.1, 0.15) is 12.5 Å². The first kappa shape index (κ1) is 8.81. The Bertz CT molecular complexity index is 351. The summed E-state index contributed by atoms with van der Waals surface area (Å²) >= 11 is 3.04. The second-order valence-corrected chi connectivity index (χ2v) is 2.87. The van der Waals surface area contributed by atoms with E-state index in [1.807, 2.05) is 6.07 Å². The van der Waals surface area contributed by atoms with Crippen LogP contribution in [0, 0.1) is 11.3 Å². The molecule has 1 rings (SSSR count). The predicted octanol–water partition coefficient (Wildman–Crippen LogP) is 1.87. The van der Waals surface area contributed by atoms with Crippen LogP contribution >= 0.6 is 15.9 Å². The minimum Gasteiger partial charge on any atom is -0.432 e. The van der Waals surface area contributed by atoms with Crippen molar-refractivity contribution in [2.75, 3.05) is 5.32 Å². The van der Waals surface area contributed by atoms with E-state index in [9.17, 15) is 4.79 Å². The summed E-state index contributed by atoms with van der Waals surface area (Å²) in [7, 11) is 0. The lowest BCUT2D eigenvalue weighted by Gasteiger charge is -1.94. The molecule has 5 heteroatoms. The molecule has 0 fully saturated rings. The van der Waals surface area contributed by atoms with Gasteiger partial charge in [-0.25, -0.2) is 0 Å². The first-order chi connectivity index (χ1) is 5.63. The van der Waals surface area contributed by atoms with Gasteiger partial charge in [0.2, 0.25) is 11.8 Å². The number of amides is 1. The van der Waals surface area contributed by atoms with Crippen molar-refractivity contribution in [2.45, 2.75) is 6.92 Å². The number of hydrogen-bond acceptors (Lipinski definition) is 3. The molecule has 0 bridgehead atoms. The van der Waals surface area contributed by atoms with Gasteiger partial charge in [-0.15, -0.1) is 0 Å². The average Bonchev–Trinajstić information content (AvgIpc) is 2.29. The smallest absolute Gasteiger partial charge is 0.223 e. The molecule has 0 radical (unpaired) electrons. The maximum absolute atomic E-state index is 10.6. The molecule has 0 aliphatic rings. The number of nitriles is 1. The van der Waals surface area contributed by atoms with Crippen molar-refractivity contribution in [3.05, 3.63) is 16.3 Å². The Balaban J connectivity index is 2.99. The van der Waals surface area contributed by atoms with Crippen molar-refractivity contribution in [1.82, 2.24) is 0 Å². The van der Waals surface area contributed by atoms with Gasteiger partial charge in [0.25, 0.3) is 0 Å². The molecule has 0 unspecified atom stereocenters. The second-order valence-electron chi connectivity index (χ2n) is 2.09. The molecule has 1 aromatic heterocycles. The van der Waals surface area contributed by atoms with Crippen molar-refractivity contribution >= 4 is 27.7 Å². The number of nitrogens with one attached hydrogen (secondary N) is 1. The molecule has 12 heavy (non-hydrogen) atoms. The Morgan fingerprint density at radius 3 is 3.00 bits per heavy atom. The van der Waals surface area contributed by atoms with Crippen LogP contribution in [-0.4, -0.2) is 5.91 Å². The van der Waals surface area contributed by atoms with Crippen LogP contribution in [0.15, 0.2) is 15.2 Å². The summed E-state index contributed by atoms with van der Waals surface area (Å²) in [5.41, 5.74) is 0.303. The normalized spacial score (nSPS) is 9.08. The monoisotopic (exact) mass is 228 g/mol. The predicted molar refractivity (Wildman–Crippen MR) is 45.4 cm³/mol. The van der Waals surface area contributed by atoms with Crippen molar-refractivity contribution in [3.63, 3.8) is 0 Å². The van der Waals surface area contributed by atoms with E-state index in [2.05, 4.69) is 21.2 Å². The standard InChI is InChI=1S/C7H5BrN2O2/c1-4(11)10-7-5(3-9)2-6(8)12-7/h2H,1H3,(H,10,11). The Morgan fingerprint density at radius 1 is 1.83 bits per heavy atom. The molecule has 0 aromatic carbocycles. The summed E-state index contributed by atoms with van der Waals surface area (Å²) in [4.78, 5) is 10.6. The number of anilines is 1. The van der Waals surface area contributed by atoms with Gasteiger partial charge < -0.3 is 4.42 Å². The zero-order valence-electron chi connectivity index (χ0n) is 6.22. The van der Waals surface area contributed by atoms with Crippen molar-refractivity contribution in [1.29, 1.82) is 5.26 Å². The van der Waals surface area contributed by atoms with Crippen molar-refractivity contribution in [3.8, 4) is 6.07 Å². The van der Waals surface area contributed by atoms with E-state index in [0.29, 0.717) is 10.2 Å². The molecule has 0 aliphatic heterocycles. The van der Waals surface area contributed by atoms with Gasteiger partial charge in [0.05, 0.1) is 0 Å². The molecule has 1 heterocycles. The Kier molecular flexibility index (Phi) is 2.51. The third-order valence-corrected chi connectivity index (χ3v) is 1.50. The largest absolute Gasteiger partial charge is 0.432 e. The van der Waals surface area contributed by atoms with Crippen LogP contribution in [0.5, 0.6) is 0 Å². The molecule has 1 N–H and O–H groups in total. The second kappa shape index (κ2) is 3.41. The fourth-order valence-corrected chi connectivity index (χ4v) is 1.09. The van der Waals surface area contributed by atoms with Crippen LogP contribution in [0.25, 0.3) is 0 Å². The number of furan rings is 1. The molecular formula is C7H5BrN2O2. The lowest BCUT2D eigenvalue weighted by Crippen LogP contribution is -2.05. The Morgan fingerprint density at radius 2 is 2.50 bits per heavy atom. The lowest BCUT2D eigenvalue weighted by atomic mass is 10.3. The summed E-state index contributed by atoms with van der Waals surface area (Å²) in [5, 5.41) is 10.9. The average molecular weight is 229 g/mol. The van der Waals surface area contributed by atoms with E-state index in [1.165, 1.54) is 13.0 Å². The molecule has 4 nitrogen and oxygen atoms in total. The zero-order chi connectivity index (χ0) is 9.14. The quantitative estimate of drug-likeness (QED) is 0.799.